The Balaban J connectivity index is 1.96. The van der Waals surface area contributed by atoms with Crippen LogP contribution in [0.5, 0.6) is 0 Å². The second-order valence-corrected chi connectivity index (χ2v) is 5.07. The third kappa shape index (κ3) is 3.31. The van der Waals surface area contributed by atoms with Crippen molar-refractivity contribution in [3.8, 4) is 0 Å². The third-order valence-corrected chi connectivity index (χ3v) is 3.27. The molecule has 2 aromatic rings. The number of carbonyl (C=O) groups is 2. The summed E-state index contributed by atoms with van der Waals surface area (Å²) >= 11 is 5.77. The smallest absolute Gasteiger partial charge is 0.412 e. The summed E-state index contributed by atoms with van der Waals surface area (Å²) in [5, 5.41) is -0.674. The van der Waals surface area contributed by atoms with Gasteiger partial charge in [0.05, 0.1) is 17.4 Å². The molecule has 0 aromatic carbocycles. The molecule has 9 nitrogen and oxygen atoms in total. The van der Waals surface area contributed by atoms with Crippen LogP contribution in [0.1, 0.15) is 45.7 Å². The zero-order chi connectivity index (χ0) is 33.9. The molecular weight excluding hydrogens is 372 g/mol. The number of carbonyl (C=O) groups excluding carboxylic acids is 2. The van der Waals surface area contributed by atoms with E-state index >= 15 is 0 Å². The highest BCUT2D eigenvalue weighted by Gasteiger charge is 2.44. The van der Waals surface area contributed by atoms with E-state index < -0.39 is 114 Å². The van der Waals surface area contributed by atoms with Crippen molar-refractivity contribution in [1.82, 2.24) is 24.8 Å². The molecule has 2 amide bonds. The van der Waals surface area contributed by atoms with Crippen molar-refractivity contribution in [3.63, 3.8) is 0 Å². The fraction of sp³-hybridized carbons (Fsp3) is 0.353. The first-order valence-electron chi connectivity index (χ1n) is 15.4. The lowest BCUT2D eigenvalue weighted by atomic mass is 10.3. The summed E-state index contributed by atoms with van der Waals surface area (Å²) in [6, 6.07) is -1.95. The van der Waals surface area contributed by atoms with Crippen LogP contribution in [-0.2, 0) is 4.74 Å². The van der Waals surface area contributed by atoms with Crippen molar-refractivity contribution in [1.29, 1.82) is 0 Å². The highest BCUT2D eigenvalue weighted by atomic mass is 35.5. The van der Waals surface area contributed by atoms with Crippen molar-refractivity contribution in [3.05, 3.63) is 47.0 Å². The maximum absolute atomic E-state index is 13.6. The van der Waals surface area contributed by atoms with E-state index in [1.807, 2.05) is 0 Å². The molecular formula is C17H17ClN6O3. The Morgan fingerprint density at radius 1 is 1.33 bits per heavy atom. The number of likely N-dealkylation sites (N-methyl/N-ethyl adjacent to an activating group) is 1. The van der Waals surface area contributed by atoms with E-state index in [0.717, 1.165) is 0 Å². The van der Waals surface area contributed by atoms with Crippen molar-refractivity contribution in [2.45, 2.75) is 6.20 Å². The summed E-state index contributed by atoms with van der Waals surface area (Å²) in [5.41, 5.74) is -2.05. The van der Waals surface area contributed by atoms with Gasteiger partial charge < -0.3 is 14.5 Å². The number of amides is 2. The molecule has 27 heavy (non-hydrogen) atoms. The molecule has 0 aliphatic carbocycles. The SMILES string of the molecule is [2H]c1nc2c(nc1[2H])[C@]([2H])(OC(=O)N1C([2H])([2H])C([2H])([2H])N(C([2H])([2H])[2H])C([2H])([2H])C1([2H])[2H])N(c1nc([2H])c(Cl)c([2H])c1[2H])C2=O. The summed E-state index contributed by atoms with van der Waals surface area (Å²) in [5.74, 6) is -2.59. The average Bonchev–Trinajstić information content (AvgIpc) is 3.03. The van der Waals surface area contributed by atoms with Crippen LogP contribution >= 0.6 is 11.6 Å². The normalized spacial score (nSPS) is 39.7. The molecule has 140 valence electrons. The number of hydrogen-bond donors (Lipinski definition) is 0. The summed E-state index contributed by atoms with van der Waals surface area (Å²) in [7, 11) is 0. The number of nitrogens with zero attached hydrogens (tertiary/aromatic N) is 6. The fourth-order valence-electron chi connectivity index (χ4n) is 2.01. The molecule has 0 unspecified atom stereocenters. The maximum Gasteiger partial charge on any atom is 0.412 e. The van der Waals surface area contributed by atoms with Crippen molar-refractivity contribution in [2.75, 3.05) is 37.9 Å². The number of rotatable bonds is 2. The van der Waals surface area contributed by atoms with Gasteiger partial charge in [0.25, 0.3) is 5.91 Å². The molecule has 2 aliphatic rings. The monoisotopic (exact) mass is 405 g/mol. The standard InChI is InChI=1S/C17H17ClN6O3/c1-22-6-8-23(9-7-22)17(26)27-16-14-13(19-4-5-20-14)15(25)24(16)12-3-2-11(18)10-21-12/h2-5,10,16H,6-9H2,1H3/t16-/m0/s1/i1D3,2D,3D,4D,5D,6D2,7D2,8D2,9D2,10D,16D. The van der Waals surface area contributed by atoms with Crippen LogP contribution in [0, 0.1) is 0 Å². The van der Waals surface area contributed by atoms with Crippen LogP contribution < -0.4 is 4.90 Å². The first-order chi connectivity index (χ1) is 19.7. The number of anilines is 1. The Morgan fingerprint density at radius 3 is 2.89 bits per heavy atom. The van der Waals surface area contributed by atoms with E-state index in [1.165, 1.54) is 0 Å². The summed E-state index contributed by atoms with van der Waals surface area (Å²) in [6.07, 6.45) is -8.84. The van der Waals surface area contributed by atoms with Gasteiger partial charge in [-0.25, -0.2) is 19.7 Å². The number of fused-ring (bicyclic) bond motifs is 1. The number of piperazine rings is 1. The second kappa shape index (κ2) is 7.09. The molecule has 10 heteroatoms. The number of aromatic nitrogens is 3. The molecule has 0 radical (unpaired) electrons. The lowest BCUT2D eigenvalue weighted by Crippen LogP contribution is -2.48. The Kier molecular flexibility index (Phi) is 1.75. The van der Waals surface area contributed by atoms with Gasteiger partial charge in [0.15, 0.2) is 5.69 Å². The molecule has 1 atom stereocenters. The zero-order valence-electron chi connectivity index (χ0n) is 29.8. The van der Waals surface area contributed by atoms with Crippen LogP contribution in [0.4, 0.5) is 10.6 Å². The Bertz CT molecular complexity index is 1580. The molecule has 4 heterocycles. The molecule has 0 bridgehead atoms. The molecule has 2 aromatic heterocycles. The van der Waals surface area contributed by atoms with Crippen LogP contribution in [0.25, 0.3) is 0 Å². The van der Waals surface area contributed by atoms with Gasteiger partial charge in [-0.15, -0.1) is 0 Å². The minimum atomic E-state index is -4.10. The van der Waals surface area contributed by atoms with E-state index in [1.54, 1.807) is 0 Å². The van der Waals surface area contributed by atoms with Crippen LogP contribution in [0.3, 0.4) is 0 Å². The van der Waals surface area contributed by atoms with E-state index in [9.17, 15) is 9.59 Å². The van der Waals surface area contributed by atoms with Crippen LogP contribution in [0.15, 0.2) is 30.6 Å². The van der Waals surface area contributed by atoms with Crippen LogP contribution in [-0.4, -0.2) is 69.7 Å². The van der Waals surface area contributed by atoms with Crippen molar-refractivity contribution >= 4 is 29.4 Å². The highest BCUT2D eigenvalue weighted by molar-refractivity contribution is 6.30. The van der Waals surface area contributed by atoms with Crippen LogP contribution in [0.2, 0.25) is 5.02 Å². The number of halogens is 1. The van der Waals surface area contributed by atoms with Crippen molar-refractivity contribution in [2.24, 2.45) is 0 Å². The predicted octanol–water partition coefficient (Wildman–Crippen LogP) is 1.57. The molecule has 2 aliphatic heterocycles. The van der Waals surface area contributed by atoms with Gasteiger partial charge in [0.2, 0.25) is 6.20 Å². The molecule has 1 fully saturated rings. The minimum Gasteiger partial charge on any atom is -0.419 e. The zero-order valence-corrected chi connectivity index (χ0v) is 13.5. The fourth-order valence-corrected chi connectivity index (χ4v) is 2.10. The Labute approximate surface area is 184 Å². The summed E-state index contributed by atoms with van der Waals surface area (Å²) in [4.78, 5) is 36.1. The molecule has 0 saturated carbocycles. The summed E-state index contributed by atoms with van der Waals surface area (Å²) in [6.45, 7) is -20.1. The van der Waals surface area contributed by atoms with Gasteiger partial charge in [-0.3, -0.25) is 9.78 Å². The van der Waals surface area contributed by atoms with Gasteiger partial charge in [-0.1, -0.05) is 11.6 Å². The number of ether oxygens (including phenoxy) is 1. The number of hydrogen-bond acceptors (Lipinski definition) is 7. The predicted molar refractivity (Wildman–Crippen MR) is 96.4 cm³/mol. The van der Waals surface area contributed by atoms with Crippen molar-refractivity contribution < 1.29 is 37.6 Å². The average molecular weight is 406 g/mol. The Hall–Kier alpha value is -2.78. The lowest BCUT2D eigenvalue weighted by Gasteiger charge is -2.33. The van der Waals surface area contributed by atoms with Gasteiger partial charge >= 0.3 is 6.09 Å². The molecule has 4 rings (SSSR count). The van der Waals surface area contributed by atoms with Gasteiger partial charge in [0, 0.05) is 54.1 Å². The van der Waals surface area contributed by atoms with Gasteiger partial charge in [0.1, 0.15) is 12.9 Å². The van der Waals surface area contributed by atoms with Gasteiger partial charge in [-0.2, -0.15) is 0 Å². The number of pyridine rings is 1. The molecule has 0 spiro atoms. The largest absolute Gasteiger partial charge is 0.419 e. The summed E-state index contributed by atoms with van der Waals surface area (Å²) < 4.78 is 142. The van der Waals surface area contributed by atoms with E-state index in [0.29, 0.717) is 0 Å². The highest BCUT2D eigenvalue weighted by Crippen LogP contribution is 2.35. The molecule has 1 saturated heterocycles. The quantitative estimate of drug-likeness (QED) is 0.748. The topological polar surface area (TPSA) is 91.8 Å². The van der Waals surface area contributed by atoms with E-state index in [2.05, 4.69) is 15.0 Å². The van der Waals surface area contributed by atoms with E-state index in [-0.39, 0.29) is 4.90 Å². The maximum atomic E-state index is 13.6. The third-order valence-electron chi connectivity index (χ3n) is 3.09. The first-order valence-corrected chi connectivity index (χ1v) is 7.24. The van der Waals surface area contributed by atoms with E-state index in [4.69, 9.17) is 39.6 Å². The second-order valence-electron chi connectivity index (χ2n) is 4.69. The minimum absolute atomic E-state index is 0.0176. The van der Waals surface area contributed by atoms with Gasteiger partial charge in [-0.05, 0) is 19.1 Å². The molecule has 0 N–H and O–H groups in total. The first kappa shape index (κ1) is 6.68. The Morgan fingerprint density at radius 2 is 2.11 bits per heavy atom. The lowest BCUT2D eigenvalue weighted by molar-refractivity contribution is 0.0476.